The van der Waals surface area contributed by atoms with Crippen molar-refractivity contribution in [1.29, 1.82) is 0 Å². The first-order valence-electron chi connectivity index (χ1n) is 7.50. The summed E-state index contributed by atoms with van der Waals surface area (Å²) in [5.41, 5.74) is 0. The van der Waals surface area contributed by atoms with Crippen LogP contribution in [0.2, 0.25) is 0 Å². The maximum atomic E-state index is 12.6. The van der Waals surface area contributed by atoms with E-state index in [0.29, 0.717) is 30.6 Å². The lowest BCUT2D eigenvalue weighted by atomic mass is 10.5. The van der Waals surface area contributed by atoms with Crippen LogP contribution in [-0.2, 0) is 16.6 Å². The summed E-state index contributed by atoms with van der Waals surface area (Å²) in [5.74, 6) is 1.91. The Morgan fingerprint density at radius 1 is 1.33 bits per heavy atom. The van der Waals surface area contributed by atoms with Crippen molar-refractivity contribution in [3.05, 3.63) is 12.4 Å². The Bertz CT molecular complexity index is 560. The summed E-state index contributed by atoms with van der Waals surface area (Å²) >= 11 is 1.82. The van der Waals surface area contributed by atoms with Gasteiger partial charge in [0, 0.05) is 37.6 Å². The summed E-state index contributed by atoms with van der Waals surface area (Å²) in [5, 5.41) is 7.58. The molecule has 3 rings (SSSR count). The average Bonchev–Trinajstić information content (AvgIpc) is 3.21. The van der Waals surface area contributed by atoms with E-state index < -0.39 is 10.0 Å². The highest BCUT2D eigenvalue weighted by Gasteiger charge is 2.26. The molecule has 0 atom stereocenters. The molecule has 2 aliphatic rings. The topological polar surface area (TPSA) is 67.2 Å². The molecule has 1 aromatic rings. The molecule has 2 fully saturated rings. The van der Waals surface area contributed by atoms with Gasteiger partial charge in [-0.1, -0.05) is 0 Å². The molecule has 6 nitrogen and oxygen atoms in total. The van der Waals surface area contributed by atoms with Crippen molar-refractivity contribution in [2.45, 2.75) is 36.7 Å². The molecule has 1 N–H and O–H groups in total. The predicted molar refractivity (Wildman–Crippen MR) is 84.0 cm³/mol. The van der Waals surface area contributed by atoms with Crippen LogP contribution in [0.1, 0.15) is 19.3 Å². The first-order chi connectivity index (χ1) is 10.2. The standard InChI is InChI=1S/C13H22N4O2S2/c18-21(19,17-5-1-8-20-9-7-17)13-10-15-16(11-13)6-4-14-12-2-3-12/h10-12,14H,1-9H2. The van der Waals surface area contributed by atoms with Crippen LogP contribution < -0.4 is 5.32 Å². The third-order valence-corrected chi connectivity index (χ3v) is 6.68. The van der Waals surface area contributed by atoms with Gasteiger partial charge in [0.15, 0.2) is 0 Å². The second-order valence-electron chi connectivity index (χ2n) is 5.54. The largest absolute Gasteiger partial charge is 0.312 e. The Kier molecular flexibility index (Phi) is 4.88. The molecule has 1 saturated heterocycles. The number of rotatable bonds is 6. The van der Waals surface area contributed by atoms with Crippen LogP contribution in [0.15, 0.2) is 17.3 Å². The summed E-state index contributed by atoms with van der Waals surface area (Å²) < 4.78 is 28.5. The Morgan fingerprint density at radius 3 is 3.00 bits per heavy atom. The monoisotopic (exact) mass is 330 g/mol. The van der Waals surface area contributed by atoms with E-state index in [-0.39, 0.29) is 0 Å². The van der Waals surface area contributed by atoms with Crippen LogP contribution in [-0.4, -0.2) is 59.7 Å². The van der Waals surface area contributed by atoms with E-state index in [4.69, 9.17) is 0 Å². The van der Waals surface area contributed by atoms with E-state index in [1.807, 2.05) is 11.8 Å². The third kappa shape index (κ3) is 4.00. The summed E-state index contributed by atoms with van der Waals surface area (Å²) in [7, 11) is -3.38. The quantitative estimate of drug-likeness (QED) is 0.834. The molecule has 0 amide bonds. The Hall–Kier alpha value is -0.570. The van der Waals surface area contributed by atoms with Gasteiger partial charge < -0.3 is 5.32 Å². The van der Waals surface area contributed by atoms with Crippen molar-refractivity contribution < 1.29 is 8.42 Å². The molecule has 1 aliphatic carbocycles. The fourth-order valence-corrected chi connectivity index (χ4v) is 4.82. The Labute approximate surface area is 130 Å². The van der Waals surface area contributed by atoms with Gasteiger partial charge in [-0.25, -0.2) is 8.42 Å². The van der Waals surface area contributed by atoms with Crippen LogP contribution in [0.3, 0.4) is 0 Å². The second-order valence-corrected chi connectivity index (χ2v) is 8.70. The average molecular weight is 330 g/mol. The zero-order chi connectivity index (χ0) is 14.7. The highest BCUT2D eigenvalue weighted by molar-refractivity contribution is 7.99. The lowest BCUT2D eigenvalue weighted by Gasteiger charge is -2.18. The van der Waals surface area contributed by atoms with E-state index in [1.54, 1.807) is 15.2 Å². The first kappa shape index (κ1) is 15.3. The molecule has 2 heterocycles. The minimum absolute atomic E-state index is 0.320. The highest BCUT2D eigenvalue weighted by Crippen LogP contribution is 2.20. The molecule has 0 bridgehead atoms. The molecular formula is C13H22N4O2S2. The zero-order valence-electron chi connectivity index (χ0n) is 12.1. The maximum absolute atomic E-state index is 12.6. The number of nitrogens with zero attached hydrogens (tertiary/aromatic N) is 3. The fraction of sp³-hybridized carbons (Fsp3) is 0.769. The van der Waals surface area contributed by atoms with Gasteiger partial charge in [0.2, 0.25) is 10.0 Å². The number of thioether (sulfide) groups is 1. The molecule has 1 saturated carbocycles. The van der Waals surface area contributed by atoms with Gasteiger partial charge in [-0.05, 0) is 25.0 Å². The predicted octanol–water partition coefficient (Wildman–Crippen LogP) is 0.763. The lowest BCUT2D eigenvalue weighted by molar-refractivity contribution is 0.435. The number of nitrogens with one attached hydrogen (secondary N) is 1. The smallest absolute Gasteiger partial charge is 0.246 e. The summed E-state index contributed by atoms with van der Waals surface area (Å²) in [6.45, 7) is 2.76. The van der Waals surface area contributed by atoms with Gasteiger partial charge in [-0.2, -0.15) is 21.2 Å². The van der Waals surface area contributed by atoms with Gasteiger partial charge in [0.1, 0.15) is 4.90 Å². The normalized spacial score (nSPS) is 21.3. The van der Waals surface area contributed by atoms with E-state index >= 15 is 0 Å². The van der Waals surface area contributed by atoms with Gasteiger partial charge in [-0.3, -0.25) is 4.68 Å². The molecule has 0 radical (unpaired) electrons. The Morgan fingerprint density at radius 2 is 2.19 bits per heavy atom. The number of hydrogen-bond acceptors (Lipinski definition) is 5. The fourth-order valence-electron chi connectivity index (χ4n) is 2.38. The summed E-state index contributed by atoms with van der Waals surface area (Å²) in [4.78, 5) is 0.320. The molecule has 21 heavy (non-hydrogen) atoms. The number of hydrogen-bond donors (Lipinski definition) is 1. The van der Waals surface area contributed by atoms with E-state index in [2.05, 4.69) is 10.4 Å². The SMILES string of the molecule is O=S(=O)(c1cnn(CCNC2CC2)c1)N1CCCSCC1. The van der Waals surface area contributed by atoms with Crippen LogP contribution in [0.4, 0.5) is 0 Å². The molecule has 1 aromatic heterocycles. The molecular weight excluding hydrogens is 308 g/mol. The van der Waals surface area contributed by atoms with Crippen molar-refractivity contribution in [3.8, 4) is 0 Å². The van der Waals surface area contributed by atoms with Crippen molar-refractivity contribution in [2.24, 2.45) is 0 Å². The summed E-state index contributed by atoms with van der Waals surface area (Å²) in [6.07, 6.45) is 6.56. The Balaban J connectivity index is 1.62. The molecule has 1 aliphatic heterocycles. The van der Waals surface area contributed by atoms with Crippen LogP contribution in [0.5, 0.6) is 0 Å². The van der Waals surface area contributed by atoms with Crippen LogP contribution >= 0.6 is 11.8 Å². The highest BCUT2D eigenvalue weighted by atomic mass is 32.2. The third-order valence-electron chi connectivity index (χ3n) is 3.78. The zero-order valence-corrected chi connectivity index (χ0v) is 13.7. The molecule has 8 heteroatoms. The van der Waals surface area contributed by atoms with Crippen LogP contribution in [0, 0.1) is 0 Å². The number of sulfonamides is 1. The first-order valence-corrected chi connectivity index (χ1v) is 10.1. The van der Waals surface area contributed by atoms with Crippen LogP contribution in [0.25, 0.3) is 0 Å². The van der Waals surface area contributed by atoms with E-state index in [0.717, 1.165) is 24.5 Å². The van der Waals surface area contributed by atoms with Crippen molar-refractivity contribution in [2.75, 3.05) is 31.1 Å². The summed E-state index contributed by atoms with van der Waals surface area (Å²) in [6, 6.07) is 0.665. The molecule has 0 aromatic carbocycles. The van der Waals surface area contributed by atoms with Gasteiger partial charge in [-0.15, -0.1) is 0 Å². The minimum atomic E-state index is -3.38. The van der Waals surface area contributed by atoms with Crippen molar-refractivity contribution in [3.63, 3.8) is 0 Å². The lowest BCUT2D eigenvalue weighted by Crippen LogP contribution is -2.32. The van der Waals surface area contributed by atoms with Gasteiger partial charge in [0.05, 0.1) is 12.7 Å². The van der Waals surface area contributed by atoms with Gasteiger partial charge in [0.25, 0.3) is 0 Å². The van der Waals surface area contributed by atoms with E-state index in [9.17, 15) is 8.42 Å². The minimum Gasteiger partial charge on any atom is -0.312 e. The molecule has 0 spiro atoms. The van der Waals surface area contributed by atoms with E-state index in [1.165, 1.54) is 19.0 Å². The van der Waals surface area contributed by atoms with Gasteiger partial charge >= 0.3 is 0 Å². The second kappa shape index (κ2) is 6.68. The van der Waals surface area contributed by atoms with Crippen molar-refractivity contribution >= 4 is 21.8 Å². The maximum Gasteiger partial charge on any atom is 0.246 e. The molecule has 0 unspecified atom stereocenters. The number of aromatic nitrogens is 2. The van der Waals surface area contributed by atoms with Crippen molar-refractivity contribution in [1.82, 2.24) is 19.4 Å². The molecule has 118 valence electrons.